The fraction of sp³-hybridized carbons (Fsp3) is 0.625. The standard InChI is InChI=1S/C16H23NO2/c1-2-17-16(12-7-9-18-11-12)14-8-10-19-15-6-4-3-5-13(14)15/h3-6,12,14,16-17H,2,7-11H2,1H3. The molecule has 2 aliphatic rings. The van der Waals surface area contributed by atoms with Gasteiger partial charge < -0.3 is 14.8 Å². The normalized spacial score (nSPS) is 27.6. The summed E-state index contributed by atoms with van der Waals surface area (Å²) in [6.07, 6.45) is 2.28. The molecular formula is C16H23NO2. The Labute approximate surface area is 115 Å². The Hall–Kier alpha value is -1.06. The van der Waals surface area contributed by atoms with Gasteiger partial charge in [0, 0.05) is 24.5 Å². The van der Waals surface area contributed by atoms with E-state index in [1.54, 1.807) is 0 Å². The molecule has 1 saturated heterocycles. The molecule has 3 heteroatoms. The van der Waals surface area contributed by atoms with Gasteiger partial charge in [-0.2, -0.15) is 0 Å². The van der Waals surface area contributed by atoms with Crippen LogP contribution in [-0.4, -0.2) is 32.4 Å². The molecule has 3 unspecified atom stereocenters. The summed E-state index contributed by atoms with van der Waals surface area (Å²) >= 11 is 0. The van der Waals surface area contributed by atoms with Crippen LogP contribution >= 0.6 is 0 Å². The highest BCUT2D eigenvalue weighted by molar-refractivity contribution is 5.38. The highest BCUT2D eigenvalue weighted by Gasteiger charge is 2.35. The molecule has 1 N–H and O–H groups in total. The monoisotopic (exact) mass is 261 g/mol. The molecule has 2 heterocycles. The molecule has 0 amide bonds. The van der Waals surface area contributed by atoms with Crippen LogP contribution in [0.15, 0.2) is 24.3 Å². The van der Waals surface area contributed by atoms with Crippen LogP contribution in [0.4, 0.5) is 0 Å². The lowest BCUT2D eigenvalue weighted by atomic mass is 9.80. The minimum atomic E-state index is 0.512. The molecule has 104 valence electrons. The van der Waals surface area contributed by atoms with Crippen molar-refractivity contribution in [1.29, 1.82) is 0 Å². The molecule has 0 bridgehead atoms. The van der Waals surface area contributed by atoms with Gasteiger partial charge in [-0.3, -0.25) is 0 Å². The molecule has 0 saturated carbocycles. The van der Waals surface area contributed by atoms with E-state index < -0.39 is 0 Å². The number of fused-ring (bicyclic) bond motifs is 1. The predicted molar refractivity (Wildman–Crippen MR) is 75.7 cm³/mol. The lowest BCUT2D eigenvalue weighted by Gasteiger charge is -2.35. The minimum absolute atomic E-state index is 0.512. The van der Waals surface area contributed by atoms with Crippen molar-refractivity contribution in [3.05, 3.63) is 29.8 Å². The first kappa shape index (κ1) is 12.9. The molecule has 3 nitrogen and oxygen atoms in total. The Balaban J connectivity index is 1.86. The summed E-state index contributed by atoms with van der Waals surface area (Å²) in [5, 5.41) is 3.70. The molecular weight excluding hydrogens is 238 g/mol. The maximum Gasteiger partial charge on any atom is 0.122 e. The number of hydrogen-bond donors (Lipinski definition) is 1. The average molecular weight is 261 g/mol. The van der Waals surface area contributed by atoms with Crippen LogP contribution in [0.25, 0.3) is 0 Å². The summed E-state index contributed by atoms with van der Waals surface area (Å²) in [6.45, 7) is 5.85. The summed E-state index contributed by atoms with van der Waals surface area (Å²) in [5.41, 5.74) is 1.37. The molecule has 1 fully saturated rings. The van der Waals surface area contributed by atoms with Crippen molar-refractivity contribution in [3.63, 3.8) is 0 Å². The number of ether oxygens (including phenoxy) is 2. The molecule has 1 aromatic rings. The van der Waals surface area contributed by atoms with E-state index in [2.05, 4.69) is 36.5 Å². The molecule has 0 radical (unpaired) electrons. The van der Waals surface area contributed by atoms with E-state index in [0.29, 0.717) is 17.9 Å². The first-order chi connectivity index (χ1) is 9.40. The van der Waals surface area contributed by atoms with E-state index >= 15 is 0 Å². The van der Waals surface area contributed by atoms with Gasteiger partial charge in [-0.05, 0) is 31.0 Å². The summed E-state index contributed by atoms with van der Waals surface area (Å²) in [4.78, 5) is 0. The maximum absolute atomic E-state index is 5.79. The number of hydrogen-bond acceptors (Lipinski definition) is 3. The lowest BCUT2D eigenvalue weighted by Crippen LogP contribution is -2.43. The topological polar surface area (TPSA) is 30.5 Å². The Morgan fingerprint density at radius 2 is 2.16 bits per heavy atom. The molecule has 3 atom stereocenters. The molecule has 3 rings (SSSR count). The van der Waals surface area contributed by atoms with Crippen LogP contribution < -0.4 is 10.1 Å². The van der Waals surface area contributed by atoms with Crippen LogP contribution in [0, 0.1) is 5.92 Å². The molecule has 19 heavy (non-hydrogen) atoms. The third-order valence-electron chi connectivity index (χ3n) is 4.35. The SMILES string of the molecule is CCNC(C1CCOC1)C1CCOc2ccccc21. The van der Waals surface area contributed by atoms with Crippen LogP contribution in [0.5, 0.6) is 5.75 Å². The van der Waals surface area contributed by atoms with Gasteiger partial charge >= 0.3 is 0 Å². The van der Waals surface area contributed by atoms with Gasteiger partial charge in [0.2, 0.25) is 0 Å². The van der Waals surface area contributed by atoms with E-state index in [1.807, 2.05) is 0 Å². The van der Waals surface area contributed by atoms with Crippen molar-refractivity contribution >= 4 is 0 Å². The molecule has 1 aromatic carbocycles. The third kappa shape index (κ3) is 2.63. The number of benzene rings is 1. The van der Waals surface area contributed by atoms with E-state index in [0.717, 1.165) is 38.5 Å². The van der Waals surface area contributed by atoms with E-state index in [9.17, 15) is 0 Å². The Bertz CT molecular complexity index is 415. The van der Waals surface area contributed by atoms with Gasteiger partial charge in [-0.25, -0.2) is 0 Å². The second-order valence-electron chi connectivity index (χ2n) is 5.49. The summed E-state index contributed by atoms with van der Waals surface area (Å²) < 4.78 is 11.4. The van der Waals surface area contributed by atoms with Gasteiger partial charge in [0.15, 0.2) is 0 Å². The largest absolute Gasteiger partial charge is 0.493 e. The third-order valence-corrected chi connectivity index (χ3v) is 4.35. The van der Waals surface area contributed by atoms with E-state index in [1.165, 1.54) is 12.0 Å². The van der Waals surface area contributed by atoms with E-state index in [4.69, 9.17) is 9.47 Å². The second kappa shape index (κ2) is 5.93. The number of para-hydroxylation sites is 1. The maximum atomic E-state index is 5.79. The lowest BCUT2D eigenvalue weighted by molar-refractivity contribution is 0.164. The molecule has 0 aliphatic carbocycles. The van der Waals surface area contributed by atoms with Crippen molar-refractivity contribution in [2.75, 3.05) is 26.4 Å². The Kier molecular flexibility index (Phi) is 4.04. The number of rotatable bonds is 4. The zero-order valence-corrected chi connectivity index (χ0v) is 11.6. The fourth-order valence-electron chi connectivity index (χ4n) is 3.45. The van der Waals surface area contributed by atoms with Crippen molar-refractivity contribution in [3.8, 4) is 5.75 Å². The highest BCUT2D eigenvalue weighted by Crippen LogP contribution is 2.39. The predicted octanol–water partition coefficient (Wildman–Crippen LogP) is 2.57. The highest BCUT2D eigenvalue weighted by atomic mass is 16.5. The van der Waals surface area contributed by atoms with Gasteiger partial charge in [0.1, 0.15) is 5.75 Å². The second-order valence-corrected chi connectivity index (χ2v) is 5.49. The van der Waals surface area contributed by atoms with Gasteiger partial charge in [0.25, 0.3) is 0 Å². The molecule has 2 aliphatic heterocycles. The Morgan fingerprint density at radius 3 is 2.95 bits per heavy atom. The zero-order chi connectivity index (χ0) is 13.1. The van der Waals surface area contributed by atoms with Gasteiger partial charge in [-0.15, -0.1) is 0 Å². The van der Waals surface area contributed by atoms with Crippen molar-refractivity contribution in [2.45, 2.75) is 31.7 Å². The quantitative estimate of drug-likeness (QED) is 0.903. The zero-order valence-electron chi connectivity index (χ0n) is 11.6. The smallest absolute Gasteiger partial charge is 0.122 e. The Morgan fingerprint density at radius 1 is 1.26 bits per heavy atom. The molecule has 0 aromatic heterocycles. The minimum Gasteiger partial charge on any atom is -0.493 e. The van der Waals surface area contributed by atoms with Crippen LogP contribution in [0.2, 0.25) is 0 Å². The number of likely N-dealkylation sites (N-methyl/N-ethyl adjacent to an activating group) is 1. The average Bonchev–Trinajstić information content (AvgIpc) is 2.98. The summed E-state index contributed by atoms with van der Waals surface area (Å²) in [7, 11) is 0. The van der Waals surface area contributed by atoms with Crippen molar-refractivity contribution in [2.24, 2.45) is 5.92 Å². The van der Waals surface area contributed by atoms with Crippen LogP contribution in [-0.2, 0) is 4.74 Å². The fourth-order valence-corrected chi connectivity index (χ4v) is 3.45. The number of nitrogens with one attached hydrogen (secondary N) is 1. The molecule has 0 spiro atoms. The van der Waals surface area contributed by atoms with Crippen molar-refractivity contribution in [1.82, 2.24) is 5.32 Å². The van der Waals surface area contributed by atoms with Gasteiger partial charge in [-0.1, -0.05) is 25.1 Å². The van der Waals surface area contributed by atoms with Crippen LogP contribution in [0.1, 0.15) is 31.2 Å². The van der Waals surface area contributed by atoms with Crippen molar-refractivity contribution < 1.29 is 9.47 Å². The van der Waals surface area contributed by atoms with E-state index in [-0.39, 0.29) is 0 Å². The summed E-state index contributed by atoms with van der Waals surface area (Å²) in [6, 6.07) is 9.00. The first-order valence-electron chi connectivity index (χ1n) is 7.43. The van der Waals surface area contributed by atoms with Crippen LogP contribution in [0.3, 0.4) is 0 Å². The van der Waals surface area contributed by atoms with Gasteiger partial charge in [0.05, 0.1) is 13.2 Å². The summed E-state index contributed by atoms with van der Waals surface area (Å²) in [5.74, 6) is 2.26. The first-order valence-corrected chi connectivity index (χ1v) is 7.43.